The number of nitrogens with one attached hydrogen (secondary N) is 1. The molecule has 0 saturated carbocycles. The van der Waals surface area contributed by atoms with Crippen LogP contribution in [0.25, 0.3) is 0 Å². The molecule has 0 amide bonds. The molecule has 1 nitrogen and oxygen atoms in total. The Labute approximate surface area is 122 Å². The second-order valence-electron chi connectivity index (χ2n) is 6.09. The number of hydrogen-bond acceptors (Lipinski definition) is 2. The van der Waals surface area contributed by atoms with Gasteiger partial charge in [-0.2, -0.15) is 0 Å². The Morgan fingerprint density at radius 1 is 1.42 bits per heavy atom. The Kier molecular flexibility index (Phi) is 5.90. The van der Waals surface area contributed by atoms with Gasteiger partial charge in [-0.25, -0.2) is 0 Å². The molecule has 0 saturated heterocycles. The quantitative estimate of drug-likeness (QED) is 0.743. The summed E-state index contributed by atoms with van der Waals surface area (Å²) in [5.74, 6) is 1.60. The van der Waals surface area contributed by atoms with Crippen molar-refractivity contribution in [3.05, 3.63) is 21.9 Å². The monoisotopic (exact) mass is 279 g/mol. The minimum absolute atomic E-state index is 0.681. The first-order chi connectivity index (χ1) is 9.26. The van der Waals surface area contributed by atoms with Crippen LogP contribution in [-0.2, 0) is 6.42 Å². The molecule has 2 rings (SSSR count). The zero-order chi connectivity index (χ0) is 13.7. The van der Waals surface area contributed by atoms with E-state index in [1.54, 1.807) is 10.4 Å². The van der Waals surface area contributed by atoms with Crippen LogP contribution < -0.4 is 5.32 Å². The van der Waals surface area contributed by atoms with Crippen LogP contribution in [0.1, 0.15) is 69.2 Å². The largest absolute Gasteiger partial charge is 0.314 e. The molecule has 3 unspecified atom stereocenters. The molecule has 1 aliphatic rings. The molecular weight excluding hydrogens is 250 g/mol. The number of rotatable bonds is 7. The lowest BCUT2D eigenvalue weighted by Crippen LogP contribution is -2.37. The van der Waals surface area contributed by atoms with E-state index in [0.29, 0.717) is 6.04 Å². The zero-order valence-corrected chi connectivity index (χ0v) is 13.6. The van der Waals surface area contributed by atoms with E-state index in [2.05, 4.69) is 37.5 Å². The van der Waals surface area contributed by atoms with Gasteiger partial charge in [0.25, 0.3) is 0 Å². The smallest absolute Gasteiger partial charge is 0.0139 e. The minimum atomic E-state index is 0.681. The minimum Gasteiger partial charge on any atom is -0.314 e. The fourth-order valence-electron chi connectivity index (χ4n) is 3.64. The normalized spacial score (nSPS) is 21.9. The van der Waals surface area contributed by atoms with Crippen molar-refractivity contribution in [2.75, 3.05) is 6.54 Å². The van der Waals surface area contributed by atoms with E-state index in [1.165, 1.54) is 38.5 Å². The summed E-state index contributed by atoms with van der Waals surface area (Å²) < 4.78 is 0. The van der Waals surface area contributed by atoms with E-state index in [4.69, 9.17) is 0 Å². The molecule has 0 fully saturated rings. The Morgan fingerprint density at radius 2 is 2.26 bits per heavy atom. The second kappa shape index (κ2) is 7.44. The molecule has 108 valence electrons. The summed E-state index contributed by atoms with van der Waals surface area (Å²) in [4.78, 5) is 1.65. The average Bonchev–Trinajstić information content (AvgIpc) is 2.86. The van der Waals surface area contributed by atoms with Crippen molar-refractivity contribution >= 4 is 11.3 Å². The van der Waals surface area contributed by atoms with E-state index in [9.17, 15) is 0 Å². The fraction of sp³-hybridized carbons (Fsp3) is 0.765. The summed E-state index contributed by atoms with van der Waals surface area (Å²) in [6.45, 7) is 8.07. The second-order valence-corrected chi connectivity index (χ2v) is 7.09. The summed E-state index contributed by atoms with van der Waals surface area (Å²) >= 11 is 1.97. The molecule has 2 heteroatoms. The molecule has 1 aliphatic carbocycles. The van der Waals surface area contributed by atoms with Crippen LogP contribution in [0.3, 0.4) is 0 Å². The van der Waals surface area contributed by atoms with Gasteiger partial charge in [0.2, 0.25) is 0 Å². The molecule has 0 aromatic carbocycles. The first-order valence-electron chi connectivity index (χ1n) is 8.05. The molecule has 1 heterocycles. The highest BCUT2D eigenvalue weighted by Gasteiger charge is 2.28. The van der Waals surface area contributed by atoms with Crippen LogP contribution in [0.5, 0.6) is 0 Å². The van der Waals surface area contributed by atoms with E-state index in [0.717, 1.165) is 18.4 Å². The van der Waals surface area contributed by atoms with Gasteiger partial charge in [-0.15, -0.1) is 11.3 Å². The lowest BCUT2D eigenvalue weighted by Gasteiger charge is -2.33. The number of likely N-dealkylation sites (N-methyl/N-ethyl adjacent to an activating group) is 1. The zero-order valence-electron chi connectivity index (χ0n) is 12.7. The summed E-state index contributed by atoms with van der Waals surface area (Å²) in [5.41, 5.74) is 1.66. The van der Waals surface area contributed by atoms with Crippen molar-refractivity contribution in [3.8, 4) is 0 Å². The lowest BCUT2D eigenvalue weighted by molar-refractivity contribution is 0.325. The molecule has 0 radical (unpaired) electrons. The third kappa shape index (κ3) is 3.82. The SMILES string of the molecule is CCCC(C)CC(NCC)C1CCCc2sccc21. The average molecular weight is 279 g/mol. The number of aryl methyl sites for hydroxylation is 1. The summed E-state index contributed by atoms with van der Waals surface area (Å²) in [6, 6.07) is 3.07. The van der Waals surface area contributed by atoms with E-state index < -0.39 is 0 Å². The van der Waals surface area contributed by atoms with Gasteiger partial charge < -0.3 is 5.32 Å². The Hall–Kier alpha value is -0.340. The van der Waals surface area contributed by atoms with Crippen molar-refractivity contribution in [3.63, 3.8) is 0 Å². The molecule has 1 aromatic rings. The fourth-order valence-corrected chi connectivity index (χ4v) is 4.63. The predicted octanol–water partition coefficient (Wildman–Crippen LogP) is 4.97. The highest BCUT2D eigenvalue weighted by Crippen LogP contribution is 2.38. The molecule has 19 heavy (non-hydrogen) atoms. The van der Waals surface area contributed by atoms with Crippen molar-refractivity contribution in [1.29, 1.82) is 0 Å². The molecular formula is C17H29NS. The van der Waals surface area contributed by atoms with Gasteiger partial charge in [0.15, 0.2) is 0 Å². The maximum Gasteiger partial charge on any atom is 0.0139 e. The van der Waals surface area contributed by atoms with Gasteiger partial charge in [-0.3, -0.25) is 0 Å². The molecule has 0 spiro atoms. The van der Waals surface area contributed by atoms with Crippen LogP contribution in [0.15, 0.2) is 11.4 Å². The van der Waals surface area contributed by atoms with Crippen LogP contribution in [0.4, 0.5) is 0 Å². The standard InChI is InChI=1S/C17H29NS/c1-4-7-13(3)12-16(18-5-2)14-8-6-9-17-15(14)10-11-19-17/h10-11,13-14,16,18H,4-9,12H2,1-3H3. The maximum absolute atomic E-state index is 3.78. The number of fused-ring (bicyclic) bond motifs is 1. The first kappa shape index (κ1) is 15.1. The van der Waals surface area contributed by atoms with E-state index >= 15 is 0 Å². The highest BCUT2D eigenvalue weighted by atomic mass is 32.1. The van der Waals surface area contributed by atoms with Crippen molar-refractivity contribution < 1.29 is 0 Å². The Balaban J connectivity index is 2.07. The number of thiophene rings is 1. The molecule has 3 atom stereocenters. The van der Waals surface area contributed by atoms with Crippen molar-refractivity contribution in [1.82, 2.24) is 5.32 Å². The van der Waals surface area contributed by atoms with Gasteiger partial charge in [-0.05, 0) is 55.2 Å². The van der Waals surface area contributed by atoms with Crippen LogP contribution in [0, 0.1) is 5.92 Å². The molecule has 1 aromatic heterocycles. The van der Waals surface area contributed by atoms with Crippen LogP contribution in [-0.4, -0.2) is 12.6 Å². The molecule has 0 bridgehead atoms. The van der Waals surface area contributed by atoms with Crippen molar-refractivity contribution in [2.24, 2.45) is 5.92 Å². The van der Waals surface area contributed by atoms with Crippen molar-refractivity contribution in [2.45, 2.75) is 71.3 Å². The summed E-state index contributed by atoms with van der Waals surface area (Å²) in [6.07, 6.45) is 8.08. The van der Waals surface area contributed by atoms with Gasteiger partial charge >= 0.3 is 0 Å². The van der Waals surface area contributed by atoms with Crippen LogP contribution in [0.2, 0.25) is 0 Å². The van der Waals surface area contributed by atoms with Gasteiger partial charge in [0.05, 0.1) is 0 Å². The third-order valence-corrected chi connectivity index (χ3v) is 5.48. The van der Waals surface area contributed by atoms with Crippen LogP contribution >= 0.6 is 11.3 Å². The Morgan fingerprint density at radius 3 is 3.00 bits per heavy atom. The Bertz CT molecular complexity index is 371. The predicted molar refractivity (Wildman–Crippen MR) is 86.2 cm³/mol. The van der Waals surface area contributed by atoms with Gasteiger partial charge in [0.1, 0.15) is 0 Å². The van der Waals surface area contributed by atoms with E-state index in [1.807, 2.05) is 11.3 Å². The topological polar surface area (TPSA) is 12.0 Å². The molecule has 0 aliphatic heterocycles. The maximum atomic E-state index is 3.78. The summed E-state index contributed by atoms with van der Waals surface area (Å²) in [7, 11) is 0. The third-order valence-electron chi connectivity index (χ3n) is 4.49. The first-order valence-corrected chi connectivity index (χ1v) is 8.93. The summed E-state index contributed by atoms with van der Waals surface area (Å²) in [5, 5.41) is 6.07. The van der Waals surface area contributed by atoms with Gasteiger partial charge in [-0.1, -0.05) is 33.6 Å². The lowest BCUT2D eigenvalue weighted by atomic mass is 9.79. The van der Waals surface area contributed by atoms with Gasteiger partial charge in [0, 0.05) is 16.8 Å². The molecule has 1 N–H and O–H groups in total. The number of hydrogen-bond donors (Lipinski definition) is 1. The highest BCUT2D eigenvalue weighted by molar-refractivity contribution is 7.10. The van der Waals surface area contributed by atoms with E-state index in [-0.39, 0.29) is 0 Å².